The lowest BCUT2D eigenvalue weighted by Gasteiger charge is -2.20. The number of fused-ring (bicyclic) bond motifs is 3. The molecule has 0 unspecified atom stereocenters. The number of benzene rings is 3. The maximum atomic E-state index is 10.1. The third-order valence-electron chi connectivity index (χ3n) is 6.16. The summed E-state index contributed by atoms with van der Waals surface area (Å²) in [7, 11) is 0. The van der Waals surface area contributed by atoms with Gasteiger partial charge in [0.05, 0.1) is 16.6 Å². The minimum Gasteiger partial charge on any atom is -0.367 e. The molecule has 0 saturated heterocycles. The second-order valence-corrected chi connectivity index (χ2v) is 8.14. The number of hydrogen-bond acceptors (Lipinski definition) is 3. The Hall–Kier alpha value is -4.10. The fourth-order valence-corrected chi connectivity index (χ4v) is 4.37. The highest BCUT2D eigenvalue weighted by Crippen LogP contribution is 2.33. The van der Waals surface area contributed by atoms with E-state index in [2.05, 4.69) is 77.3 Å². The maximum absolute atomic E-state index is 10.1. The van der Waals surface area contributed by atoms with Crippen molar-refractivity contribution < 1.29 is 0 Å². The summed E-state index contributed by atoms with van der Waals surface area (Å²) in [4.78, 5) is 4.83. The Balaban J connectivity index is 1.77. The van der Waals surface area contributed by atoms with Crippen LogP contribution in [0.1, 0.15) is 33.4 Å². The Kier molecular flexibility index (Phi) is 5.09. The van der Waals surface area contributed by atoms with Crippen molar-refractivity contribution in [2.45, 2.75) is 26.8 Å². The quantitative estimate of drug-likeness (QED) is 0.372. The highest BCUT2D eigenvalue weighted by molar-refractivity contribution is 5.86. The van der Waals surface area contributed by atoms with Crippen LogP contribution < -0.4 is 5.32 Å². The molecule has 2 heterocycles. The Morgan fingerprint density at radius 3 is 2.41 bits per heavy atom. The number of nitrogens with one attached hydrogen (secondary N) is 1. The number of imidazole rings is 1. The first-order valence-corrected chi connectivity index (χ1v) is 10.8. The number of pyridine rings is 1. The van der Waals surface area contributed by atoms with E-state index in [1.54, 1.807) is 0 Å². The summed E-state index contributed by atoms with van der Waals surface area (Å²) in [6, 6.07) is 29.3. The number of aromatic nitrogens is 2. The van der Waals surface area contributed by atoms with E-state index in [0.29, 0.717) is 17.8 Å². The van der Waals surface area contributed by atoms with E-state index in [1.165, 1.54) is 16.7 Å². The monoisotopic (exact) mass is 416 g/mol. The summed E-state index contributed by atoms with van der Waals surface area (Å²) < 4.78 is 2.12. The van der Waals surface area contributed by atoms with Crippen molar-refractivity contribution in [1.29, 1.82) is 5.26 Å². The van der Waals surface area contributed by atoms with Crippen molar-refractivity contribution in [2.75, 3.05) is 5.32 Å². The first kappa shape index (κ1) is 19.8. The lowest BCUT2D eigenvalue weighted by Crippen LogP contribution is -2.12. The Labute approximate surface area is 187 Å². The largest absolute Gasteiger partial charge is 0.367 e. The number of hydrogen-bond donors (Lipinski definition) is 1. The van der Waals surface area contributed by atoms with E-state index < -0.39 is 0 Å². The molecule has 0 bridgehead atoms. The number of nitrogens with zero attached hydrogens (tertiary/aromatic N) is 3. The smallest absolute Gasteiger partial charge is 0.157 e. The van der Waals surface area contributed by atoms with Gasteiger partial charge in [0.15, 0.2) is 5.65 Å². The van der Waals surface area contributed by atoms with Crippen LogP contribution in [-0.2, 0) is 13.0 Å². The minimum atomic E-state index is 0.634. The lowest BCUT2D eigenvalue weighted by atomic mass is 9.95. The second-order valence-electron chi connectivity index (χ2n) is 8.14. The van der Waals surface area contributed by atoms with Crippen molar-refractivity contribution in [3.63, 3.8) is 0 Å². The van der Waals surface area contributed by atoms with Crippen LogP contribution >= 0.6 is 0 Å². The average Bonchev–Trinajstić information content (AvgIpc) is 3.20. The fraction of sp³-hybridized carbons (Fsp3) is 0.143. The summed E-state index contributed by atoms with van der Waals surface area (Å²) in [5, 5.41) is 13.8. The number of anilines is 1. The lowest BCUT2D eigenvalue weighted by molar-refractivity contribution is 1.02. The zero-order valence-corrected chi connectivity index (χ0v) is 18.3. The first-order valence-electron chi connectivity index (χ1n) is 10.8. The van der Waals surface area contributed by atoms with Crippen LogP contribution in [-0.4, -0.2) is 9.38 Å². The predicted molar refractivity (Wildman–Crippen MR) is 130 cm³/mol. The molecular formula is C28H24N4. The molecule has 32 heavy (non-hydrogen) atoms. The number of rotatable bonds is 5. The molecule has 0 fully saturated rings. The molecule has 2 aromatic heterocycles. The van der Waals surface area contributed by atoms with E-state index >= 15 is 0 Å². The molecule has 5 aromatic rings. The third kappa shape index (κ3) is 3.38. The van der Waals surface area contributed by atoms with Gasteiger partial charge < -0.3 is 5.32 Å². The molecule has 0 aliphatic carbocycles. The van der Waals surface area contributed by atoms with Crippen molar-refractivity contribution in [1.82, 2.24) is 9.38 Å². The molecule has 5 rings (SSSR count). The molecule has 0 saturated carbocycles. The van der Waals surface area contributed by atoms with Gasteiger partial charge in [-0.25, -0.2) is 4.98 Å². The van der Waals surface area contributed by atoms with Gasteiger partial charge in [-0.1, -0.05) is 66.7 Å². The van der Waals surface area contributed by atoms with Crippen LogP contribution in [0.4, 0.5) is 5.82 Å². The zero-order chi connectivity index (χ0) is 22.1. The van der Waals surface area contributed by atoms with Crippen LogP contribution in [0.2, 0.25) is 0 Å². The Bertz CT molecular complexity index is 1470. The van der Waals surface area contributed by atoms with E-state index in [0.717, 1.165) is 34.4 Å². The van der Waals surface area contributed by atoms with Crippen LogP contribution in [0.3, 0.4) is 0 Å². The van der Waals surface area contributed by atoms with Crippen molar-refractivity contribution in [2.24, 2.45) is 0 Å². The number of para-hydroxylation sites is 2. The van der Waals surface area contributed by atoms with Crippen LogP contribution in [0.25, 0.3) is 16.7 Å². The van der Waals surface area contributed by atoms with E-state index in [4.69, 9.17) is 4.98 Å². The first-order chi connectivity index (χ1) is 15.7. The van der Waals surface area contributed by atoms with Crippen molar-refractivity contribution >= 4 is 22.5 Å². The topological polar surface area (TPSA) is 53.1 Å². The van der Waals surface area contributed by atoms with Gasteiger partial charge in [-0.3, -0.25) is 4.40 Å². The van der Waals surface area contributed by atoms with Gasteiger partial charge in [-0.05, 0) is 48.2 Å². The molecule has 4 nitrogen and oxygen atoms in total. The maximum Gasteiger partial charge on any atom is 0.157 e. The highest BCUT2D eigenvalue weighted by Gasteiger charge is 2.21. The predicted octanol–water partition coefficient (Wildman–Crippen LogP) is 6.18. The minimum absolute atomic E-state index is 0.634. The third-order valence-corrected chi connectivity index (χ3v) is 6.16. The second kappa shape index (κ2) is 8.20. The van der Waals surface area contributed by atoms with E-state index in [1.807, 2.05) is 31.2 Å². The van der Waals surface area contributed by atoms with Crippen LogP contribution in [0.5, 0.6) is 0 Å². The molecule has 0 spiro atoms. The van der Waals surface area contributed by atoms with Gasteiger partial charge in [-0.2, -0.15) is 5.26 Å². The molecule has 3 aromatic carbocycles. The molecule has 0 amide bonds. The normalized spacial score (nSPS) is 11.0. The molecule has 4 heteroatoms. The van der Waals surface area contributed by atoms with Gasteiger partial charge in [-0.15, -0.1) is 0 Å². The van der Waals surface area contributed by atoms with Gasteiger partial charge >= 0.3 is 0 Å². The summed E-state index contributed by atoms with van der Waals surface area (Å²) in [5.74, 6) is 0.998. The Morgan fingerprint density at radius 2 is 1.62 bits per heavy atom. The fourth-order valence-electron chi connectivity index (χ4n) is 4.37. The summed E-state index contributed by atoms with van der Waals surface area (Å²) in [6.07, 6.45) is 0.743. The van der Waals surface area contributed by atoms with Crippen LogP contribution in [0.15, 0.2) is 78.9 Å². The number of nitriles is 1. The molecule has 0 radical (unpaired) electrons. The molecule has 0 aliphatic heterocycles. The molecule has 0 atom stereocenters. The molecule has 1 N–H and O–H groups in total. The average molecular weight is 417 g/mol. The molecular weight excluding hydrogens is 392 g/mol. The Morgan fingerprint density at radius 1 is 0.906 bits per heavy atom. The zero-order valence-electron chi connectivity index (χ0n) is 18.3. The SMILES string of the molecule is Cc1ccccc1Cc1c(C)c(C#N)c2nc3ccccc3n2c1NCc1ccccc1. The van der Waals surface area contributed by atoms with Crippen molar-refractivity contribution in [3.05, 3.63) is 112 Å². The number of aryl methyl sites for hydroxylation is 1. The van der Waals surface area contributed by atoms with E-state index in [-0.39, 0.29) is 0 Å². The summed E-state index contributed by atoms with van der Waals surface area (Å²) in [5.41, 5.74) is 9.04. The molecule has 0 aliphatic rings. The molecule has 156 valence electrons. The van der Waals surface area contributed by atoms with Gasteiger partial charge in [0.25, 0.3) is 0 Å². The van der Waals surface area contributed by atoms with Gasteiger partial charge in [0, 0.05) is 18.5 Å². The van der Waals surface area contributed by atoms with Gasteiger partial charge in [0.1, 0.15) is 11.9 Å². The summed E-state index contributed by atoms with van der Waals surface area (Å²) >= 11 is 0. The van der Waals surface area contributed by atoms with E-state index in [9.17, 15) is 5.26 Å². The standard InChI is InChI=1S/C28H24N4/c1-19-10-6-7-13-22(19)16-23-20(2)24(17-29)28-31-25-14-8-9-15-26(25)32(28)27(23)30-18-21-11-4-3-5-12-21/h3-15,30H,16,18H2,1-2H3. The van der Waals surface area contributed by atoms with Crippen molar-refractivity contribution in [3.8, 4) is 6.07 Å². The summed E-state index contributed by atoms with van der Waals surface area (Å²) in [6.45, 7) is 4.87. The van der Waals surface area contributed by atoms with Crippen LogP contribution in [0, 0.1) is 25.2 Å². The van der Waals surface area contributed by atoms with Gasteiger partial charge in [0.2, 0.25) is 0 Å². The highest BCUT2D eigenvalue weighted by atomic mass is 15.1.